The van der Waals surface area contributed by atoms with Crippen molar-refractivity contribution >= 4 is 22.6 Å². The molecule has 0 radical (unpaired) electrons. The molecular formula is C21H22N6O2. The summed E-state index contributed by atoms with van der Waals surface area (Å²) in [5.41, 5.74) is 4.28. The first-order valence-corrected chi connectivity index (χ1v) is 9.43. The summed E-state index contributed by atoms with van der Waals surface area (Å²) in [6.07, 6.45) is 5.07. The number of rotatable bonds is 7. The number of carbonyl (C=O) groups is 1. The van der Waals surface area contributed by atoms with E-state index in [9.17, 15) is 4.79 Å². The summed E-state index contributed by atoms with van der Waals surface area (Å²) in [4.78, 5) is 17.0. The van der Waals surface area contributed by atoms with E-state index in [0.29, 0.717) is 24.7 Å². The third-order valence-corrected chi connectivity index (χ3v) is 4.53. The number of anilines is 1. The van der Waals surface area contributed by atoms with Gasteiger partial charge in [0.25, 0.3) is 0 Å². The van der Waals surface area contributed by atoms with Crippen molar-refractivity contribution < 1.29 is 9.53 Å². The van der Waals surface area contributed by atoms with E-state index in [1.165, 1.54) is 0 Å². The average Bonchev–Trinajstić information content (AvgIpc) is 3.31. The number of aryl methyl sites for hydroxylation is 1. The topological polar surface area (TPSA) is 86.9 Å². The highest BCUT2D eigenvalue weighted by Gasteiger charge is 2.16. The quantitative estimate of drug-likeness (QED) is 0.523. The minimum atomic E-state index is -0.197. The molecular weight excluding hydrogens is 368 g/mol. The second-order valence-electron chi connectivity index (χ2n) is 6.60. The Morgan fingerprint density at radius 1 is 1.21 bits per heavy atom. The summed E-state index contributed by atoms with van der Waals surface area (Å²) < 4.78 is 8.56. The van der Waals surface area contributed by atoms with Crippen LogP contribution in [0.15, 0.2) is 55.0 Å². The molecule has 3 heterocycles. The van der Waals surface area contributed by atoms with Gasteiger partial charge in [0.2, 0.25) is 5.91 Å². The monoisotopic (exact) mass is 390 g/mol. The molecule has 0 bridgehead atoms. The molecule has 8 heteroatoms. The lowest BCUT2D eigenvalue weighted by Crippen LogP contribution is -2.19. The van der Waals surface area contributed by atoms with Gasteiger partial charge in [0.15, 0.2) is 5.65 Å². The summed E-state index contributed by atoms with van der Waals surface area (Å²) >= 11 is 0. The molecule has 8 nitrogen and oxygen atoms in total. The number of hydrogen-bond acceptors (Lipinski definition) is 5. The maximum absolute atomic E-state index is 12.5. The summed E-state index contributed by atoms with van der Waals surface area (Å²) in [7, 11) is 0. The number of fused-ring (bicyclic) bond motifs is 1. The number of benzene rings is 1. The zero-order chi connectivity index (χ0) is 20.2. The van der Waals surface area contributed by atoms with Gasteiger partial charge in [-0.15, -0.1) is 0 Å². The summed E-state index contributed by atoms with van der Waals surface area (Å²) in [6.45, 7) is 4.86. The Kier molecular flexibility index (Phi) is 5.35. The van der Waals surface area contributed by atoms with Crippen LogP contribution in [0.1, 0.15) is 12.6 Å². The van der Waals surface area contributed by atoms with Crippen molar-refractivity contribution in [2.45, 2.75) is 27.1 Å². The Labute approximate surface area is 168 Å². The molecule has 0 unspecified atom stereocenters. The number of pyridine rings is 1. The lowest BCUT2D eigenvalue weighted by Gasteiger charge is -2.06. The largest absolute Gasteiger partial charge is 0.360 e. The molecule has 0 spiro atoms. The normalized spacial score (nSPS) is 11.1. The third-order valence-electron chi connectivity index (χ3n) is 4.53. The molecule has 1 amide bonds. The molecule has 0 atom stereocenters. The van der Waals surface area contributed by atoms with Crippen molar-refractivity contribution in [3.8, 4) is 11.1 Å². The standard InChI is InChI=1S/C21H22N6O2/c1-3-29-14-26-12-17(11-23-26)24-19(28)13-27-21-20(15(2)25-27)18(9-10-22-21)16-7-5-4-6-8-16/h4-12H,3,13-14H2,1-2H3,(H,24,28). The molecule has 0 aliphatic carbocycles. The van der Waals surface area contributed by atoms with Gasteiger partial charge in [-0.1, -0.05) is 30.3 Å². The van der Waals surface area contributed by atoms with E-state index in [1.807, 2.05) is 38.1 Å². The lowest BCUT2D eigenvalue weighted by atomic mass is 10.0. The molecule has 0 fully saturated rings. The minimum absolute atomic E-state index is 0.0617. The van der Waals surface area contributed by atoms with E-state index >= 15 is 0 Å². The van der Waals surface area contributed by atoms with E-state index in [-0.39, 0.29) is 12.5 Å². The smallest absolute Gasteiger partial charge is 0.246 e. The molecule has 1 N–H and O–H groups in total. The third kappa shape index (κ3) is 4.02. The zero-order valence-corrected chi connectivity index (χ0v) is 16.4. The van der Waals surface area contributed by atoms with Crippen LogP contribution in [0.5, 0.6) is 0 Å². The second-order valence-corrected chi connectivity index (χ2v) is 6.60. The number of carbonyl (C=O) groups excluding carboxylic acids is 1. The summed E-state index contributed by atoms with van der Waals surface area (Å²) in [5.74, 6) is -0.197. The average molecular weight is 390 g/mol. The Bertz CT molecular complexity index is 1130. The van der Waals surface area contributed by atoms with Gasteiger partial charge >= 0.3 is 0 Å². The van der Waals surface area contributed by atoms with Gasteiger partial charge in [0, 0.05) is 18.2 Å². The van der Waals surface area contributed by atoms with Crippen molar-refractivity contribution in [1.29, 1.82) is 0 Å². The fourth-order valence-corrected chi connectivity index (χ4v) is 3.27. The lowest BCUT2D eigenvalue weighted by molar-refractivity contribution is -0.116. The molecule has 4 aromatic rings. The van der Waals surface area contributed by atoms with Crippen LogP contribution < -0.4 is 5.32 Å². The predicted octanol–water partition coefficient (Wildman–Crippen LogP) is 3.24. The first-order valence-electron chi connectivity index (χ1n) is 9.43. The SMILES string of the molecule is CCOCn1cc(NC(=O)Cn2nc(C)c3c(-c4ccccc4)ccnc32)cn1. The van der Waals surface area contributed by atoms with Crippen LogP contribution in [0.3, 0.4) is 0 Å². The summed E-state index contributed by atoms with van der Waals surface area (Å²) in [5, 5.41) is 12.5. The molecule has 3 aromatic heterocycles. The van der Waals surface area contributed by atoms with Gasteiger partial charge in [-0.25, -0.2) is 14.3 Å². The number of hydrogen-bond donors (Lipinski definition) is 1. The number of ether oxygens (including phenoxy) is 1. The maximum atomic E-state index is 12.5. The zero-order valence-electron chi connectivity index (χ0n) is 16.4. The van der Waals surface area contributed by atoms with Crippen LogP contribution in [-0.4, -0.2) is 37.1 Å². The van der Waals surface area contributed by atoms with Crippen molar-refractivity contribution in [3.63, 3.8) is 0 Å². The van der Waals surface area contributed by atoms with Crippen molar-refractivity contribution in [1.82, 2.24) is 24.5 Å². The van der Waals surface area contributed by atoms with Gasteiger partial charge in [-0.05, 0) is 31.0 Å². The van der Waals surface area contributed by atoms with Gasteiger partial charge in [0.05, 0.1) is 23.8 Å². The maximum Gasteiger partial charge on any atom is 0.246 e. The molecule has 0 aliphatic heterocycles. The van der Waals surface area contributed by atoms with Crippen LogP contribution in [0, 0.1) is 6.92 Å². The Morgan fingerprint density at radius 3 is 2.83 bits per heavy atom. The van der Waals surface area contributed by atoms with E-state index in [2.05, 4.69) is 32.6 Å². The second kappa shape index (κ2) is 8.24. The van der Waals surface area contributed by atoms with Crippen LogP contribution >= 0.6 is 0 Å². The fraction of sp³-hybridized carbons (Fsp3) is 0.238. The number of nitrogens with one attached hydrogen (secondary N) is 1. The van der Waals surface area contributed by atoms with Crippen molar-refractivity contribution in [2.24, 2.45) is 0 Å². The molecule has 148 valence electrons. The van der Waals surface area contributed by atoms with Crippen LogP contribution in [0.2, 0.25) is 0 Å². The van der Waals surface area contributed by atoms with E-state index in [0.717, 1.165) is 22.2 Å². The van der Waals surface area contributed by atoms with Crippen molar-refractivity contribution in [3.05, 3.63) is 60.7 Å². The minimum Gasteiger partial charge on any atom is -0.360 e. The number of aromatic nitrogens is 5. The first kappa shape index (κ1) is 18.8. The Morgan fingerprint density at radius 2 is 2.03 bits per heavy atom. The molecule has 0 saturated carbocycles. The van der Waals surface area contributed by atoms with E-state index < -0.39 is 0 Å². The highest BCUT2D eigenvalue weighted by molar-refractivity contribution is 5.96. The highest BCUT2D eigenvalue weighted by Crippen LogP contribution is 2.29. The molecule has 1 aromatic carbocycles. The van der Waals surface area contributed by atoms with Crippen LogP contribution in [0.4, 0.5) is 5.69 Å². The Balaban J connectivity index is 1.55. The van der Waals surface area contributed by atoms with Crippen LogP contribution in [0.25, 0.3) is 22.2 Å². The van der Waals surface area contributed by atoms with Crippen LogP contribution in [-0.2, 0) is 22.8 Å². The molecule has 4 rings (SSSR count). The van der Waals surface area contributed by atoms with Gasteiger partial charge in [-0.2, -0.15) is 10.2 Å². The number of amides is 1. The summed E-state index contributed by atoms with van der Waals surface area (Å²) in [6, 6.07) is 12.1. The Hall–Kier alpha value is -3.52. The molecule has 0 saturated heterocycles. The van der Waals surface area contributed by atoms with Gasteiger partial charge in [0.1, 0.15) is 13.3 Å². The number of nitrogens with zero attached hydrogens (tertiary/aromatic N) is 5. The van der Waals surface area contributed by atoms with E-state index in [4.69, 9.17) is 4.74 Å². The molecule has 29 heavy (non-hydrogen) atoms. The predicted molar refractivity (Wildman–Crippen MR) is 110 cm³/mol. The highest BCUT2D eigenvalue weighted by atomic mass is 16.5. The first-order chi connectivity index (χ1) is 14.2. The van der Waals surface area contributed by atoms with Gasteiger partial charge in [-0.3, -0.25) is 4.79 Å². The van der Waals surface area contributed by atoms with Crippen molar-refractivity contribution in [2.75, 3.05) is 11.9 Å². The fourth-order valence-electron chi connectivity index (χ4n) is 3.27. The van der Waals surface area contributed by atoms with E-state index in [1.54, 1.807) is 28.0 Å². The molecule has 0 aliphatic rings. The van der Waals surface area contributed by atoms with Gasteiger partial charge < -0.3 is 10.1 Å².